The normalized spacial score (nSPS) is 26.8. The van der Waals surface area contributed by atoms with Crippen LogP contribution in [0.2, 0.25) is 0 Å². The molecule has 0 unspecified atom stereocenters. The van der Waals surface area contributed by atoms with Crippen molar-refractivity contribution in [3.8, 4) is 0 Å². The van der Waals surface area contributed by atoms with Gasteiger partial charge in [0.25, 0.3) is 5.91 Å². The zero-order chi connectivity index (χ0) is 17.2. The minimum absolute atomic E-state index is 0.0369. The second-order valence-electron chi connectivity index (χ2n) is 7.10. The Morgan fingerprint density at radius 3 is 2.80 bits per heavy atom. The van der Waals surface area contributed by atoms with Gasteiger partial charge in [0, 0.05) is 25.0 Å². The van der Waals surface area contributed by atoms with E-state index in [4.69, 9.17) is 5.73 Å². The first-order valence-corrected chi connectivity index (χ1v) is 9.10. The van der Waals surface area contributed by atoms with Crippen LogP contribution >= 0.6 is 0 Å². The molecule has 1 saturated carbocycles. The summed E-state index contributed by atoms with van der Waals surface area (Å²) in [7, 11) is 0. The Kier molecular flexibility index (Phi) is 4.48. The van der Waals surface area contributed by atoms with E-state index in [1.165, 1.54) is 0 Å². The molecule has 7 nitrogen and oxygen atoms in total. The Balaban J connectivity index is 1.49. The fourth-order valence-corrected chi connectivity index (χ4v) is 4.00. The Labute approximate surface area is 147 Å². The van der Waals surface area contributed by atoms with Gasteiger partial charge in [-0.3, -0.25) is 9.78 Å². The highest BCUT2D eigenvalue weighted by Gasteiger charge is 2.32. The van der Waals surface area contributed by atoms with E-state index in [9.17, 15) is 4.79 Å². The Morgan fingerprint density at radius 2 is 2.04 bits per heavy atom. The van der Waals surface area contributed by atoms with Crippen molar-refractivity contribution in [1.82, 2.24) is 24.9 Å². The molecular formula is C18H24N6O. The van der Waals surface area contributed by atoms with Crippen molar-refractivity contribution < 1.29 is 4.79 Å². The lowest BCUT2D eigenvalue weighted by molar-refractivity contribution is 0.0729. The molecule has 0 radical (unpaired) electrons. The second kappa shape index (κ2) is 6.92. The van der Waals surface area contributed by atoms with E-state index in [0.29, 0.717) is 17.8 Å². The number of rotatable bonds is 3. The summed E-state index contributed by atoms with van der Waals surface area (Å²) in [5.41, 5.74) is 7.49. The molecule has 2 N–H and O–H groups in total. The van der Waals surface area contributed by atoms with Crippen LogP contribution in [-0.4, -0.2) is 43.4 Å². The van der Waals surface area contributed by atoms with E-state index in [1.807, 2.05) is 34.1 Å². The number of amides is 1. The van der Waals surface area contributed by atoms with Crippen LogP contribution < -0.4 is 5.73 Å². The first-order chi connectivity index (χ1) is 12.2. The van der Waals surface area contributed by atoms with Crippen molar-refractivity contribution in [3.63, 3.8) is 0 Å². The van der Waals surface area contributed by atoms with Crippen LogP contribution in [-0.2, 0) is 0 Å². The first-order valence-electron chi connectivity index (χ1n) is 9.10. The van der Waals surface area contributed by atoms with Gasteiger partial charge in [0.15, 0.2) is 5.69 Å². The molecule has 25 heavy (non-hydrogen) atoms. The van der Waals surface area contributed by atoms with E-state index in [-0.39, 0.29) is 11.9 Å². The highest BCUT2D eigenvalue weighted by molar-refractivity contribution is 5.92. The summed E-state index contributed by atoms with van der Waals surface area (Å²) >= 11 is 0. The number of likely N-dealkylation sites (tertiary alicyclic amines) is 1. The van der Waals surface area contributed by atoms with Gasteiger partial charge >= 0.3 is 0 Å². The highest BCUT2D eigenvalue weighted by Crippen LogP contribution is 2.33. The lowest BCUT2D eigenvalue weighted by Gasteiger charge is -2.25. The van der Waals surface area contributed by atoms with Crippen molar-refractivity contribution >= 4 is 5.91 Å². The molecule has 7 heteroatoms. The molecule has 2 aromatic heterocycles. The zero-order valence-corrected chi connectivity index (χ0v) is 14.3. The lowest BCUT2D eigenvalue weighted by Crippen LogP contribution is -2.31. The third-order valence-corrected chi connectivity index (χ3v) is 5.43. The standard InChI is InChI=1S/C18H24N6O/c19-14-5-7-15(8-6-14)24-12-16(21-22-24)18(25)23-10-2-4-17(23)13-3-1-9-20-11-13/h1,3,9,11-12,14-15,17H,2,4-8,10,19H2/t14?,15?,17-/m0/s1. The number of carbonyl (C=O) groups is 1. The van der Waals surface area contributed by atoms with Gasteiger partial charge in [0.2, 0.25) is 0 Å². The largest absolute Gasteiger partial charge is 0.330 e. The molecule has 0 aromatic carbocycles. The van der Waals surface area contributed by atoms with Gasteiger partial charge < -0.3 is 10.6 Å². The highest BCUT2D eigenvalue weighted by atomic mass is 16.2. The molecule has 1 atom stereocenters. The van der Waals surface area contributed by atoms with Crippen LogP contribution in [0.3, 0.4) is 0 Å². The van der Waals surface area contributed by atoms with Crippen LogP contribution in [0.4, 0.5) is 0 Å². The van der Waals surface area contributed by atoms with Gasteiger partial charge in [-0.05, 0) is 50.2 Å². The fourth-order valence-electron chi connectivity index (χ4n) is 4.00. The van der Waals surface area contributed by atoms with Gasteiger partial charge in [0.05, 0.1) is 18.3 Å². The van der Waals surface area contributed by atoms with Crippen LogP contribution in [0.15, 0.2) is 30.7 Å². The van der Waals surface area contributed by atoms with Crippen molar-refractivity contribution in [3.05, 3.63) is 42.0 Å². The fraction of sp³-hybridized carbons (Fsp3) is 0.556. The van der Waals surface area contributed by atoms with Crippen molar-refractivity contribution in [2.45, 2.75) is 56.7 Å². The quantitative estimate of drug-likeness (QED) is 0.924. The van der Waals surface area contributed by atoms with Gasteiger partial charge in [0.1, 0.15) is 0 Å². The number of aromatic nitrogens is 4. The van der Waals surface area contributed by atoms with E-state index in [1.54, 1.807) is 6.20 Å². The zero-order valence-electron chi connectivity index (χ0n) is 14.3. The summed E-state index contributed by atoms with van der Waals surface area (Å²) in [5.74, 6) is -0.0369. The summed E-state index contributed by atoms with van der Waals surface area (Å²) in [6.07, 6.45) is 11.4. The lowest BCUT2D eigenvalue weighted by atomic mass is 9.92. The van der Waals surface area contributed by atoms with Gasteiger partial charge in [-0.1, -0.05) is 11.3 Å². The smallest absolute Gasteiger partial charge is 0.276 e. The molecule has 3 heterocycles. The maximum absolute atomic E-state index is 12.9. The molecule has 2 aromatic rings. The van der Waals surface area contributed by atoms with E-state index in [0.717, 1.165) is 50.6 Å². The molecule has 1 amide bonds. The average Bonchev–Trinajstić information content (AvgIpc) is 3.32. The first kappa shape index (κ1) is 16.2. The number of pyridine rings is 1. The number of nitrogens with zero attached hydrogens (tertiary/aromatic N) is 5. The molecule has 2 fully saturated rings. The van der Waals surface area contributed by atoms with Crippen molar-refractivity contribution in [2.24, 2.45) is 5.73 Å². The van der Waals surface area contributed by atoms with Gasteiger partial charge in [-0.25, -0.2) is 4.68 Å². The minimum Gasteiger partial charge on any atom is -0.330 e. The third kappa shape index (κ3) is 3.28. The molecule has 1 saturated heterocycles. The van der Waals surface area contributed by atoms with Crippen molar-refractivity contribution in [2.75, 3.05) is 6.54 Å². The second-order valence-corrected chi connectivity index (χ2v) is 7.10. The van der Waals surface area contributed by atoms with Gasteiger partial charge in [-0.15, -0.1) is 5.10 Å². The van der Waals surface area contributed by atoms with Crippen LogP contribution in [0.5, 0.6) is 0 Å². The summed E-state index contributed by atoms with van der Waals surface area (Å²) < 4.78 is 1.86. The summed E-state index contributed by atoms with van der Waals surface area (Å²) in [6, 6.07) is 4.64. The molecule has 1 aliphatic carbocycles. The van der Waals surface area contributed by atoms with Gasteiger partial charge in [-0.2, -0.15) is 0 Å². The average molecular weight is 340 g/mol. The number of hydrogen-bond acceptors (Lipinski definition) is 5. The molecule has 132 valence electrons. The molecule has 0 bridgehead atoms. The number of nitrogens with two attached hydrogens (primary N) is 1. The predicted molar refractivity (Wildman–Crippen MR) is 92.8 cm³/mol. The number of carbonyl (C=O) groups excluding carboxylic acids is 1. The van der Waals surface area contributed by atoms with Crippen LogP contribution in [0.1, 0.15) is 66.7 Å². The predicted octanol–water partition coefficient (Wildman–Crippen LogP) is 2.09. The maximum Gasteiger partial charge on any atom is 0.276 e. The van der Waals surface area contributed by atoms with E-state index < -0.39 is 0 Å². The summed E-state index contributed by atoms with van der Waals surface area (Å²) in [6.45, 7) is 0.754. The Hall–Kier alpha value is -2.28. The Bertz CT molecular complexity index is 722. The Morgan fingerprint density at radius 1 is 1.20 bits per heavy atom. The molecular weight excluding hydrogens is 316 g/mol. The summed E-state index contributed by atoms with van der Waals surface area (Å²) in [4.78, 5) is 19.0. The van der Waals surface area contributed by atoms with Crippen LogP contribution in [0, 0.1) is 0 Å². The van der Waals surface area contributed by atoms with E-state index >= 15 is 0 Å². The molecule has 2 aliphatic rings. The molecule has 4 rings (SSSR count). The minimum atomic E-state index is -0.0369. The van der Waals surface area contributed by atoms with Crippen LogP contribution in [0.25, 0.3) is 0 Å². The van der Waals surface area contributed by atoms with Crippen molar-refractivity contribution in [1.29, 1.82) is 0 Å². The summed E-state index contributed by atoms with van der Waals surface area (Å²) in [5, 5.41) is 8.38. The molecule has 0 spiro atoms. The van der Waals surface area contributed by atoms with E-state index in [2.05, 4.69) is 15.3 Å². The number of hydrogen-bond donors (Lipinski definition) is 1. The third-order valence-electron chi connectivity index (χ3n) is 5.43. The monoisotopic (exact) mass is 340 g/mol. The SMILES string of the molecule is NC1CCC(n2cc(C(=O)N3CCC[C@H]3c3cccnc3)nn2)CC1. The topological polar surface area (TPSA) is 89.9 Å². The molecule has 1 aliphatic heterocycles. The maximum atomic E-state index is 12.9.